The number of aromatic nitrogens is 1. The fraction of sp³-hybridized carbons (Fsp3) is 0.143. The summed E-state index contributed by atoms with van der Waals surface area (Å²) in [6, 6.07) is 12.2. The number of anilines is 1. The van der Waals surface area contributed by atoms with Crippen molar-refractivity contribution in [3.8, 4) is 0 Å². The van der Waals surface area contributed by atoms with E-state index in [1.54, 1.807) is 7.05 Å². The van der Waals surface area contributed by atoms with Gasteiger partial charge in [-0.15, -0.1) is 0 Å². The highest BCUT2D eigenvalue weighted by atomic mass is 15.0. The summed E-state index contributed by atoms with van der Waals surface area (Å²) in [6.07, 6.45) is 1.91. The second-order valence-corrected chi connectivity index (χ2v) is 4.09. The Bertz CT molecular complexity index is 608. The summed E-state index contributed by atoms with van der Waals surface area (Å²) in [4.78, 5) is 12.1. The normalized spacial score (nSPS) is 16.7. The predicted molar refractivity (Wildman–Crippen MR) is 74.7 cm³/mol. The number of aliphatic imine (C=N–C) groups is 2. The van der Waals surface area contributed by atoms with Crippen LogP contribution < -0.4 is 5.32 Å². The van der Waals surface area contributed by atoms with Crippen molar-refractivity contribution in [2.75, 3.05) is 18.9 Å². The van der Waals surface area contributed by atoms with Gasteiger partial charge in [-0.2, -0.15) is 0 Å². The van der Waals surface area contributed by atoms with Crippen LogP contribution in [-0.2, 0) is 0 Å². The monoisotopic (exact) mass is 238 g/mol. The summed E-state index contributed by atoms with van der Waals surface area (Å²) < 4.78 is 0. The predicted octanol–water partition coefficient (Wildman–Crippen LogP) is 2.31. The second-order valence-electron chi connectivity index (χ2n) is 4.09. The van der Waals surface area contributed by atoms with Gasteiger partial charge >= 0.3 is 0 Å². The SMILES string of the molecule is CN=C1CN=C(c2ccc[nH]2)c2ccccc2N1. The Morgan fingerprint density at radius 2 is 2.06 bits per heavy atom. The molecule has 0 bridgehead atoms. The fourth-order valence-corrected chi connectivity index (χ4v) is 2.07. The first-order valence-electron chi connectivity index (χ1n) is 5.89. The third-order valence-corrected chi connectivity index (χ3v) is 2.97. The molecule has 0 aliphatic carbocycles. The first kappa shape index (κ1) is 10.8. The van der Waals surface area contributed by atoms with Crippen molar-refractivity contribution in [3.63, 3.8) is 0 Å². The van der Waals surface area contributed by atoms with Crippen LogP contribution in [0.3, 0.4) is 0 Å². The zero-order chi connectivity index (χ0) is 12.4. The molecule has 18 heavy (non-hydrogen) atoms. The number of hydrogen-bond acceptors (Lipinski definition) is 2. The van der Waals surface area contributed by atoms with Crippen LogP contribution in [0.5, 0.6) is 0 Å². The van der Waals surface area contributed by atoms with E-state index < -0.39 is 0 Å². The number of benzodiazepines with no additional fused rings is 1. The van der Waals surface area contributed by atoms with Crippen molar-refractivity contribution in [2.45, 2.75) is 0 Å². The van der Waals surface area contributed by atoms with Gasteiger partial charge < -0.3 is 10.3 Å². The molecule has 0 fully saturated rings. The van der Waals surface area contributed by atoms with Crippen LogP contribution in [0.1, 0.15) is 11.3 Å². The van der Waals surface area contributed by atoms with Gasteiger partial charge in [-0.05, 0) is 18.2 Å². The molecular weight excluding hydrogens is 224 g/mol. The van der Waals surface area contributed by atoms with Crippen molar-refractivity contribution in [3.05, 3.63) is 53.9 Å². The molecule has 0 amide bonds. The summed E-state index contributed by atoms with van der Waals surface area (Å²) in [6.45, 7) is 0.569. The number of hydrogen-bond donors (Lipinski definition) is 2. The van der Waals surface area contributed by atoms with Gasteiger partial charge in [-0.3, -0.25) is 9.98 Å². The lowest BCUT2D eigenvalue weighted by atomic mass is 10.1. The number of rotatable bonds is 1. The molecule has 2 N–H and O–H groups in total. The molecule has 0 atom stereocenters. The molecule has 0 radical (unpaired) electrons. The molecular formula is C14H14N4. The van der Waals surface area contributed by atoms with Crippen LogP contribution in [0, 0.1) is 0 Å². The largest absolute Gasteiger partial charge is 0.360 e. The van der Waals surface area contributed by atoms with Crippen LogP contribution in [0.15, 0.2) is 52.6 Å². The van der Waals surface area contributed by atoms with E-state index in [9.17, 15) is 0 Å². The molecule has 4 nitrogen and oxygen atoms in total. The lowest BCUT2D eigenvalue weighted by Gasteiger charge is -2.09. The molecule has 1 aliphatic rings. The van der Waals surface area contributed by atoms with Crippen molar-refractivity contribution in [1.82, 2.24) is 4.98 Å². The highest BCUT2D eigenvalue weighted by Crippen LogP contribution is 2.21. The summed E-state index contributed by atoms with van der Waals surface area (Å²) in [5.41, 5.74) is 4.14. The summed E-state index contributed by atoms with van der Waals surface area (Å²) in [7, 11) is 1.78. The van der Waals surface area contributed by atoms with Gasteiger partial charge in [0, 0.05) is 24.5 Å². The average molecular weight is 238 g/mol. The Kier molecular flexibility index (Phi) is 2.68. The number of para-hydroxylation sites is 1. The minimum atomic E-state index is 0.569. The maximum Gasteiger partial charge on any atom is 0.122 e. The molecule has 1 aromatic carbocycles. The molecule has 2 aromatic rings. The molecule has 1 aromatic heterocycles. The number of amidine groups is 1. The van der Waals surface area contributed by atoms with Crippen molar-refractivity contribution < 1.29 is 0 Å². The van der Waals surface area contributed by atoms with Crippen molar-refractivity contribution >= 4 is 17.2 Å². The quantitative estimate of drug-likeness (QED) is 0.787. The first-order chi connectivity index (χ1) is 8.88. The smallest absolute Gasteiger partial charge is 0.122 e. The van der Waals surface area contributed by atoms with E-state index in [0.29, 0.717) is 6.54 Å². The Morgan fingerprint density at radius 1 is 1.17 bits per heavy atom. The highest BCUT2D eigenvalue weighted by Gasteiger charge is 2.16. The van der Waals surface area contributed by atoms with Crippen LogP contribution in [0.25, 0.3) is 0 Å². The highest BCUT2D eigenvalue weighted by molar-refractivity contribution is 6.18. The second kappa shape index (κ2) is 4.49. The Labute approximate surface area is 105 Å². The van der Waals surface area contributed by atoms with Crippen molar-refractivity contribution in [1.29, 1.82) is 0 Å². The van der Waals surface area contributed by atoms with Gasteiger partial charge in [0.2, 0.25) is 0 Å². The van der Waals surface area contributed by atoms with Gasteiger partial charge in [0.05, 0.1) is 18.0 Å². The molecule has 3 rings (SSSR count). The van der Waals surface area contributed by atoms with Gasteiger partial charge in [0.15, 0.2) is 0 Å². The van der Waals surface area contributed by atoms with E-state index in [4.69, 9.17) is 0 Å². The molecule has 0 spiro atoms. The van der Waals surface area contributed by atoms with Gasteiger partial charge in [-0.25, -0.2) is 0 Å². The van der Waals surface area contributed by atoms with E-state index >= 15 is 0 Å². The van der Waals surface area contributed by atoms with E-state index in [2.05, 4.69) is 26.4 Å². The van der Waals surface area contributed by atoms with E-state index in [-0.39, 0.29) is 0 Å². The number of H-pyrrole nitrogens is 1. The fourth-order valence-electron chi connectivity index (χ4n) is 2.07. The summed E-state index contributed by atoms with van der Waals surface area (Å²) in [5.74, 6) is 0.879. The van der Waals surface area contributed by atoms with E-state index in [1.165, 1.54) is 0 Å². The number of benzene rings is 1. The number of nitrogens with zero attached hydrogens (tertiary/aromatic N) is 2. The van der Waals surface area contributed by atoms with Gasteiger partial charge in [-0.1, -0.05) is 18.2 Å². The molecule has 1 aliphatic heterocycles. The third kappa shape index (κ3) is 1.82. The Balaban J connectivity index is 2.16. The van der Waals surface area contributed by atoms with Gasteiger partial charge in [0.1, 0.15) is 5.84 Å². The van der Waals surface area contributed by atoms with Crippen LogP contribution in [0.4, 0.5) is 5.69 Å². The van der Waals surface area contributed by atoms with Gasteiger partial charge in [0.25, 0.3) is 0 Å². The number of fused-ring (bicyclic) bond motifs is 1. The minimum absolute atomic E-state index is 0.569. The van der Waals surface area contributed by atoms with Crippen LogP contribution in [0.2, 0.25) is 0 Å². The minimum Gasteiger partial charge on any atom is -0.360 e. The zero-order valence-electron chi connectivity index (χ0n) is 10.1. The number of nitrogens with one attached hydrogen (secondary N) is 2. The van der Waals surface area contributed by atoms with Crippen LogP contribution >= 0.6 is 0 Å². The maximum absolute atomic E-state index is 4.65. The summed E-state index contributed by atoms with van der Waals surface area (Å²) >= 11 is 0. The van der Waals surface area contributed by atoms with Crippen molar-refractivity contribution in [2.24, 2.45) is 9.98 Å². The van der Waals surface area contributed by atoms with E-state index in [0.717, 1.165) is 28.5 Å². The third-order valence-electron chi connectivity index (χ3n) is 2.97. The Morgan fingerprint density at radius 3 is 2.83 bits per heavy atom. The number of aromatic amines is 1. The topological polar surface area (TPSA) is 52.5 Å². The molecule has 2 heterocycles. The lowest BCUT2D eigenvalue weighted by Crippen LogP contribution is -2.14. The zero-order valence-corrected chi connectivity index (χ0v) is 10.1. The average Bonchev–Trinajstić information content (AvgIpc) is 2.86. The van der Waals surface area contributed by atoms with E-state index in [1.807, 2.05) is 36.5 Å². The molecule has 0 saturated heterocycles. The molecule has 0 unspecified atom stereocenters. The standard InChI is InChI=1S/C14H14N4/c1-15-13-9-17-14(12-7-4-8-16-12)10-5-2-3-6-11(10)18-13/h2-8,16H,9H2,1H3,(H,15,18). The summed E-state index contributed by atoms with van der Waals surface area (Å²) in [5, 5.41) is 3.32. The molecule has 4 heteroatoms. The lowest BCUT2D eigenvalue weighted by molar-refractivity contribution is 1.24. The maximum atomic E-state index is 4.65. The molecule has 0 saturated carbocycles. The molecule has 90 valence electrons. The first-order valence-corrected chi connectivity index (χ1v) is 5.89. The Hall–Kier alpha value is -2.36. The van der Waals surface area contributed by atoms with Crippen LogP contribution in [-0.4, -0.2) is 30.1 Å².